The Bertz CT molecular complexity index is 585. The number of nitrogens with zero attached hydrogens (tertiary/aromatic N) is 1. The lowest BCUT2D eigenvalue weighted by Crippen LogP contribution is -2.23. The van der Waals surface area contributed by atoms with Gasteiger partial charge < -0.3 is 5.32 Å². The largest absolute Gasteiger partial charge is 0.305 e. The SMILES string of the molecule is CCNC(c1ccc(C2CCC2)cc1)c1ncccc1C. The topological polar surface area (TPSA) is 24.9 Å². The van der Waals surface area contributed by atoms with E-state index < -0.39 is 0 Å². The van der Waals surface area contributed by atoms with E-state index in [0.29, 0.717) is 0 Å². The Morgan fingerprint density at radius 3 is 2.52 bits per heavy atom. The molecule has 110 valence electrons. The third kappa shape index (κ3) is 3.01. The van der Waals surface area contributed by atoms with Crippen LogP contribution in [0.4, 0.5) is 0 Å². The van der Waals surface area contributed by atoms with Crippen LogP contribution >= 0.6 is 0 Å². The Hall–Kier alpha value is -1.67. The maximum atomic E-state index is 4.60. The number of aryl methyl sites for hydroxylation is 1. The first kappa shape index (κ1) is 14.3. The summed E-state index contributed by atoms with van der Waals surface area (Å²) in [4.78, 5) is 4.60. The summed E-state index contributed by atoms with van der Waals surface area (Å²) in [7, 11) is 0. The monoisotopic (exact) mass is 280 g/mol. The molecule has 0 aliphatic heterocycles. The average Bonchev–Trinajstić information content (AvgIpc) is 2.45. The summed E-state index contributed by atoms with van der Waals surface area (Å²) < 4.78 is 0. The normalized spacial score (nSPS) is 16.5. The molecule has 2 heteroatoms. The molecule has 1 aliphatic rings. The van der Waals surface area contributed by atoms with Crippen LogP contribution in [0.1, 0.15) is 60.5 Å². The minimum Gasteiger partial charge on any atom is -0.305 e. The zero-order chi connectivity index (χ0) is 14.7. The smallest absolute Gasteiger partial charge is 0.0754 e. The molecular formula is C19H24N2. The number of pyridine rings is 1. The third-order valence-corrected chi connectivity index (χ3v) is 4.58. The lowest BCUT2D eigenvalue weighted by atomic mass is 9.79. The molecule has 0 radical (unpaired) electrons. The van der Waals surface area contributed by atoms with Gasteiger partial charge in [-0.3, -0.25) is 4.98 Å². The molecule has 0 bridgehead atoms. The van der Waals surface area contributed by atoms with Gasteiger partial charge in [-0.2, -0.15) is 0 Å². The summed E-state index contributed by atoms with van der Waals surface area (Å²) in [6.07, 6.45) is 5.99. The van der Waals surface area contributed by atoms with Gasteiger partial charge in [0.2, 0.25) is 0 Å². The van der Waals surface area contributed by atoms with E-state index in [-0.39, 0.29) is 6.04 Å². The average molecular weight is 280 g/mol. The first-order valence-corrected chi connectivity index (χ1v) is 8.04. The van der Waals surface area contributed by atoms with Gasteiger partial charge >= 0.3 is 0 Å². The van der Waals surface area contributed by atoms with Gasteiger partial charge in [-0.1, -0.05) is 43.7 Å². The molecule has 0 spiro atoms. The molecule has 1 N–H and O–H groups in total. The second kappa shape index (κ2) is 6.40. The van der Waals surface area contributed by atoms with Crippen LogP contribution in [-0.4, -0.2) is 11.5 Å². The maximum Gasteiger partial charge on any atom is 0.0754 e. The van der Waals surface area contributed by atoms with Gasteiger partial charge in [0, 0.05) is 6.20 Å². The van der Waals surface area contributed by atoms with E-state index in [1.807, 2.05) is 12.3 Å². The molecule has 1 atom stereocenters. The van der Waals surface area contributed by atoms with E-state index in [0.717, 1.165) is 18.2 Å². The van der Waals surface area contributed by atoms with Crippen molar-refractivity contribution in [2.75, 3.05) is 6.54 Å². The van der Waals surface area contributed by atoms with Crippen LogP contribution in [0.3, 0.4) is 0 Å². The van der Waals surface area contributed by atoms with Crippen molar-refractivity contribution in [3.63, 3.8) is 0 Å². The molecule has 1 heterocycles. The van der Waals surface area contributed by atoms with Gasteiger partial charge in [-0.05, 0) is 55.0 Å². The van der Waals surface area contributed by atoms with E-state index in [1.54, 1.807) is 0 Å². The summed E-state index contributed by atoms with van der Waals surface area (Å²) in [5.74, 6) is 0.799. The van der Waals surface area contributed by atoms with Crippen LogP contribution in [0.15, 0.2) is 42.6 Å². The van der Waals surface area contributed by atoms with Gasteiger partial charge in [0.1, 0.15) is 0 Å². The van der Waals surface area contributed by atoms with Crippen LogP contribution < -0.4 is 5.32 Å². The summed E-state index contributed by atoms with van der Waals surface area (Å²) in [6.45, 7) is 5.22. The highest BCUT2D eigenvalue weighted by atomic mass is 14.9. The first-order valence-electron chi connectivity index (χ1n) is 8.04. The van der Waals surface area contributed by atoms with Gasteiger partial charge in [-0.25, -0.2) is 0 Å². The van der Waals surface area contributed by atoms with Gasteiger partial charge in [0.15, 0.2) is 0 Å². The lowest BCUT2D eigenvalue weighted by Gasteiger charge is -2.26. The molecule has 2 aromatic rings. The lowest BCUT2D eigenvalue weighted by molar-refractivity contribution is 0.419. The molecule has 1 fully saturated rings. The highest BCUT2D eigenvalue weighted by molar-refractivity contribution is 5.35. The fraction of sp³-hybridized carbons (Fsp3) is 0.421. The van der Waals surface area contributed by atoms with Gasteiger partial charge in [-0.15, -0.1) is 0 Å². The molecule has 21 heavy (non-hydrogen) atoms. The number of hydrogen-bond acceptors (Lipinski definition) is 2. The van der Waals surface area contributed by atoms with Crippen LogP contribution in [0.25, 0.3) is 0 Å². The highest BCUT2D eigenvalue weighted by Crippen LogP contribution is 2.36. The van der Waals surface area contributed by atoms with Crippen molar-refractivity contribution in [2.24, 2.45) is 0 Å². The fourth-order valence-corrected chi connectivity index (χ4v) is 3.08. The Morgan fingerprint density at radius 2 is 1.95 bits per heavy atom. The van der Waals surface area contributed by atoms with Gasteiger partial charge in [0.05, 0.1) is 11.7 Å². The third-order valence-electron chi connectivity index (χ3n) is 4.58. The molecule has 1 aliphatic carbocycles. The summed E-state index contributed by atoms with van der Waals surface area (Å²) in [5.41, 5.74) is 5.18. The molecule has 0 saturated heterocycles. The Kier molecular flexibility index (Phi) is 4.35. The first-order chi connectivity index (χ1) is 10.3. The zero-order valence-corrected chi connectivity index (χ0v) is 13.0. The van der Waals surface area contributed by atoms with Crippen molar-refractivity contribution < 1.29 is 0 Å². The predicted molar refractivity (Wildman–Crippen MR) is 87.5 cm³/mol. The highest BCUT2D eigenvalue weighted by Gasteiger charge is 2.20. The Morgan fingerprint density at radius 1 is 1.19 bits per heavy atom. The quantitative estimate of drug-likeness (QED) is 0.880. The zero-order valence-electron chi connectivity index (χ0n) is 13.0. The molecule has 1 unspecified atom stereocenters. The fourth-order valence-electron chi connectivity index (χ4n) is 3.08. The number of benzene rings is 1. The van der Waals surface area contributed by atoms with Gasteiger partial charge in [0.25, 0.3) is 0 Å². The van der Waals surface area contributed by atoms with Crippen LogP contribution in [0.2, 0.25) is 0 Å². The summed E-state index contributed by atoms with van der Waals surface area (Å²) >= 11 is 0. The second-order valence-electron chi connectivity index (χ2n) is 5.99. The van der Waals surface area contributed by atoms with Crippen LogP contribution in [0, 0.1) is 6.92 Å². The van der Waals surface area contributed by atoms with Crippen LogP contribution in [0.5, 0.6) is 0 Å². The number of aromatic nitrogens is 1. The maximum absolute atomic E-state index is 4.60. The number of rotatable bonds is 5. The van der Waals surface area contributed by atoms with Crippen molar-refractivity contribution in [1.29, 1.82) is 0 Å². The van der Waals surface area contributed by atoms with Crippen LogP contribution in [-0.2, 0) is 0 Å². The Balaban J connectivity index is 1.88. The summed E-state index contributed by atoms with van der Waals surface area (Å²) in [6, 6.07) is 13.5. The number of hydrogen-bond donors (Lipinski definition) is 1. The minimum absolute atomic E-state index is 0.187. The van der Waals surface area contributed by atoms with E-state index in [9.17, 15) is 0 Å². The molecular weight excluding hydrogens is 256 g/mol. The van der Waals surface area contributed by atoms with E-state index in [4.69, 9.17) is 0 Å². The summed E-state index contributed by atoms with van der Waals surface area (Å²) in [5, 5.41) is 3.57. The predicted octanol–water partition coefficient (Wildman–Crippen LogP) is 4.36. The van der Waals surface area contributed by atoms with E-state index >= 15 is 0 Å². The molecule has 3 rings (SSSR count). The molecule has 1 aromatic heterocycles. The van der Waals surface area contributed by atoms with Crippen molar-refractivity contribution in [3.05, 3.63) is 65.0 Å². The molecule has 1 aromatic carbocycles. The molecule has 2 nitrogen and oxygen atoms in total. The van der Waals surface area contributed by atoms with E-state index in [2.05, 4.69) is 54.5 Å². The minimum atomic E-state index is 0.187. The Labute approximate surface area is 127 Å². The second-order valence-corrected chi connectivity index (χ2v) is 5.99. The van der Waals surface area contributed by atoms with Crippen molar-refractivity contribution >= 4 is 0 Å². The van der Waals surface area contributed by atoms with Crippen molar-refractivity contribution in [3.8, 4) is 0 Å². The van der Waals surface area contributed by atoms with Crippen molar-refractivity contribution in [2.45, 2.75) is 45.1 Å². The van der Waals surface area contributed by atoms with Crippen molar-refractivity contribution in [1.82, 2.24) is 10.3 Å². The molecule has 0 amide bonds. The standard InChI is InChI=1S/C19H24N2/c1-3-20-19(18-14(2)6-5-13-21-18)17-11-9-16(10-12-17)15-7-4-8-15/h5-6,9-13,15,19-20H,3-4,7-8H2,1-2H3. The number of nitrogens with one attached hydrogen (secondary N) is 1. The van der Waals surface area contributed by atoms with E-state index in [1.165, 1.54) is 36.0 Å². The molecule has 1 saturated carbocycles.